The van der Waals surface area contributed by atoms with E-state index < -0.39 is 0 Å². The van der Waals surface area contributed by atoms with Crippen LogP contribution in [0.2, 0.25) is 0 Å². The van der Waals surface area contributed by atoms with Crippen molar-refractivity contribution in [2.75, 3.05) is 5.32 Å². The van der Waals surface area contributed by atoms with Gasteiger partial charge in [-0.2, -0.15) is 4.80 Å². The predicted molar refractivity (Wildman–Crippen MR) is 101 cm³/mol. The van der Waals surface area contributed by atoms with E-state index in [1.54, 1.807) is 42.5 Å². The smallest absolute Gasteiger partial charge is 0.255 e. The van der Waals surface area contributed by atoms with Gasteiger partial charge in [0, 0.05) is 15.7 Å². The number of hydrogen-bond acceptors (Lipinski definition) is 3. The van der Waals surface area contributed by atoms with Crippen molar-refractivity contribution in [1.82, 2.24) is 15.0 Å². The van der Waals surface area contributed by atoms with Crippen molar-refractivity contribution < 1.29 is 9.18 Å². The molecule has 1 aromatic heterocycles. The summed E-state index contributed by atoms with van der Waals surface area (Å²) in [6.45, 7) is 0. The Morgan fingerprint density at radius 2 is 1.62 bits per heavy atom. The van der Waals surface area contributed by atoms with Crippen LogP contribution in [0.3, 0.4) is 0 Å². The Morgan fingerprint density at radius 1 is 0.923 bits per heavy atom. The molecule has 0 fully saturated rings. The molecule has 0 aliphatic heterocycles. The number of benzene rings is 3. The molecule has 0 spiro atoms. The Morgan fingerprint density at radius 3 is 2.35 bits per heavy atom. The van der Waals surface area contributed by atoms with Crippen LogP contribution < -0.4 is 5.32 Å². The van der Waals surface area contributed by atoms with Gasteiger partial charge < -0.3 is 5.32 Å². The van der Waals surface area contributed by atoms with Crippen molar-refractivity contribution in [3.05, 3.63) is 82.6 Å². The van der Waals surface area contributed by atoms with Gasteiger partial charge in [0.2, 0.25) is 0 Å². The summed E-state index contributed by atoms with van der Waals surface area (Å²) in [7, 11) is 0. The first-order valence-electron chi connectivity index (χ1n) is 7.78. The normalized spacial score (nSPS) is 10.8. The molecular weight excluding hydrogens is 399 g/mol. The fourth-order valence-corrected chi connectivity index (χ4v) is 2.75. The van der Waals surface area contributed by atoms with Crippen LogP contribution >= 0.6 is 15.9 Å². The molecule has 0 radical (unpaired) electrons. The van der Waals surface area contributed by atoms with Gasteiger partial charge >= 0.3 is 0 Å². The summed E-state index contributed by atoms with van der Waals surface area (Å²) in [6, 6.07) is 18.3. The van der Waals surface area contributed by atoms with Gasteiger partial charge in [-0.1, -0.05) is 15.9 Å². The largest absolute Gasteiger partial charge is 0.322 e. The number of fused-ring (bicyclic) bond motifs is 1. The minimum Gasteiger partial charge on any atom is -0.322 e. The molecule has 1 amide bonds. The number of nitrogens with one attached hydrogen (secondary N) is 1. The summed E-state index contributed by atoms with van der Waals surface area (Å²) in [5.74, 6) is -0.522. The molecule has 7 heteroatoms. The second-order valence-electron chi connectivity index (χ2n) is 5.63. The molecule has 0 saturated heterocycles. The molecule has 0 atom stereocenters. The van der Waals surface area contributed by atoms with Crippen molar-refractivity contribution >= 4 is 38.6 Å². The second kappa shape index (κ2) is 6.68. The number of rotatable bonds is 3. The number of nitrogens with zero attached hydrogens (tertiary/aromatic N) is 3. The molecule has 1 heterocycles. The van der Waals surface area contributed by atoms with Crippen LogP contribution in [0.25, 0.3) is 16.7 Å². The van der Waals surface area contributed by atoms with Crippen LogP contribution in [0, 0.1) is 5.82 Å². The minimum atomic E-state index is -0.316. The maximum absolute atomic E-state index is 13.1. The lowest BCUT2D eigenvalue weighted by atomic mass is 10.2. The van der Waals surface area contributed by atoms with Gasteiger partial charge in [-0.15, -0.1) is 10.2 Å². The van der Waals surface area contributed by atoms with Crippen LogP contribution in [0.15, 0.2) is 71.2 Å². The lowest BCUT2D eigenvalue weighted by Gasteiger charge is -2.05. The van der Waals surface area contributed by atoms with E-state index in [0.717, 1.165) is 4.47 Å². The fraction of sp³-hybridized carbons (Fsp3) is 0. The average Bonchev–Trinajstić information content (AvgIpc) is 3.06. The average molecular weight is 411 g/mol. The molecule has 4 rings (SSSR count). The van der Waals surface area contributed by atoms with Crippen molar-refractivity contribution in [3.63, 3.8) is 0 Å². The van der Waals surface area contributed by atoms with Crippen molar-refractivity contribution in [2.24, 2.45) is 0 Å². The zero-order valence-electron chi connectivity index (χ0n) is 13.4. The Bertz CT molecular complexity index is 1090. The third-order valence-electron chi connectivity index (χ3n) is 3.80. The summed E-state index contributed by atoms with van der Waals surface area (Å²) in [4.78, 5) is 13.8. The summed E-state index contributed by atoms with van der Waals surface area (Å²) in [5, 5.41) is 11.6. The van der Waals surface area contributed by atoms with Crippen molar-refractivity contribution in [1.29, 1.82) is 0 Å². The van der Waals surface area contributed by atoms with Gasteiger partial charge in [0.25, 0.3) is 5.91 Å². The lowest BCUT2D eigenvalue weighted by molar-refractivity contribution is 0.102. The van der Waals surface area contributed by atoms with Crippen LogP contribution in [-0.4, -0.2) is 20.9 Å². The zero-order chi connectivity index (χ0) is 18.1. The molecule has 128 valence electrons. The monoisotopic (exact) mass is 410 g/mol. The summed E-state index contributed by atoms with van der Waals surface area (Å²) in [5.41, 5.74) is 3.14. The molecule has 3 aromatic carbocycles. The third-order valence-corrected chi connectivity index (χ3v) is 4.33. The highest BCUT2D eigenvalue weighted by Gasteiger charge is 2.09. The number of amides is 1. The predicted octanol–water partition coefficient (Wildman–Crippen LogP) is 4.57. The number of hydrogen-bond donors (Lipinski definition) is 1. The molecular formula is C19H12BrFN4O. The minimum absolute atomic E-state index is 0.206. The first kappa shape index (κ1) is 16.4. The Balaban J connectivity index is 1.60. The summed E-state index contributed by atoms with van der Waals surface area (Å²) < 4.78 is 14.0. The number of carbonyl (C=O) groups is 1. The molecule has 5 nitrogen and oxygen atoms in total. The van der Waals surface area contributed by atoms with Crippen molar-refractivity contribution in [2.45, 2.75) is 0 Å². The highest BCUT2D eigenvalue weighted by atomic mass is 79.9. The van der Waals surface area contributed by atoms with E-state index in [1.165, 1.54) is 16.9 Å². The molecule has 0 bridgehead atoms. The van der Waals surface area contributed by atoms with E-state index in [1.807, 2.05) is 12.1 Å². The maximum Gasteiger partial charge on any atom is 0.255 e. The first-order chi connectivity index (χ1) is 12.6. The van der Waals surface area contributed by atoms with Gasteiger partial charge in [-0.05, 0) is 66.7 Å². The van der Waals surface area contributed by atoms with E-state index >= 15 is 0 Å². The van der Waals surface area contributed by atoms with Crippen LogP contribution in [0.1, 0.15) is 10.4 Å². The van der Waals surface area contributed by atoms with Crippen LogP contribution in [0.5, 0.6) is 0 Å². The molecule has 0 aliphatic carbocycles. The van der Waals surface area contributed by atoms with E-state index in [-0.39, 0.29) is 11.7 Å². The SMILES string of the molecule is O=C(Nc1ccc2nn(-c3ccc(F)cc3)nc2c1)c1ccc(Br)cc1. The Labute approximate surface area is 156 Å². The second-order valence-corrected chi connectivity index (χ2v) is 6.55. The Kier molecular flexibility index (Phi) is 4.22. The first-order valence-corrected chi connectivity index (χ1v) is 8.58. The molecule has 0 saturated carbocycles. The fourth-order valence-electron chi connectivity index (χ4n) is 2.49. The summed E-state index contributed by atoms with van der Waals surface area (Å²) in [6.07, 6.45) is 0. The van der Waals surface area contributed by atoms with E-state index in [9.17, 15) is 9.18 Å². The van der Waals surface area contributed by atoms with Crippen LogP contribution in [0.4, 0.5) is 10.1 Å². The molecule has 26 heavy (non-hydrogen) atoms. The number of aromatic nitrogens is 3. The van der Waals surface area contributed by atoms with Gasteiger partial charge in [-0.3, -0.25) is 4.79 Å². The lowest BCUT2D eigenvalue weighted by Crippen LogP contribution is -2.11. The maximum atomic E-state index is 13.1. The van der Waals surface area contributed by atoms with E-state index in [0.29, 0.717) is 28.0 Å². The Hall–Kier alpha value is -3.06. The number of anilines is 1. The van der Waals surface area contributed by atoms with Crippen molar-refractivity contribution in [3.8, 4) is 5.69 Å². The van der Waals surface area contributed by atoms with Crippen LogP contribution in [-0.2, 0) is 0 Å². The molecule has 4 aromatic rings. The molecule has 0 unspecified atom stereocenters. The van der Waals surface area contributed by atoms with E-state index in [2.05, 4.69) is 31.4 Å². The quantitative estimate of drug-likeness (QED) is 0.537. The number of halogens is 2. The standard InChI is InChI=1S/C19H12BrFN4O/c20-13-3-1-12(2-4-13)19(26)22-15-7-10-17-18(11-15)24-25(23-17)16-8-5-14(21)6-9-16/h1-11H,(H,22,26). The number of carbonyl (C=O) groups excluding carboxylic acids is 1. The topological polar surface area (TPSA) is 59.8 Å². The summed E-state index contributed by atoms with van der Waals surface area (Å²) >= 11 is 3.34. The van der Waals surface area contributed by atoms with Gasteiger partial charge in [0.1, 0.15) is 16.9 Å². The highest BCUT2D eigenvalue weighted by molar-refractivity contribution is 9.10. The molecule has 0 aliphatic rings. The molecule has 1 N–H and O–H groups in total. The van der Waals surface area contributed by atoms with Gasteiger partial charge in [0.05, 0.1) is 5.69 Å². The zero-order valence-corrected chi connectivity index (χ0v) is 14.9. The van der Waals surface area contributed by atoms with Gasteiger partial charge in [-0.25, -0.2) is 4.39 Å². The third kappa shape index (κ3) is 3.34. The van der Waals surface area contributed by atoms with E-state index in [4.69, 9.17) is 0 Å². The highest BCUT2D eigenvalue weighted by Crippen LogP contribution is 2.19. The van der Waals surface area contributed by atoms with Gasteiger partial charge in [0.15, 0.2) is 0 Å².